The fourth-order valence-electron chi connectivity index (χ4n) is 4.82. The molecular weight excluding hydrogens is 474 g/mol. The molecule has 0 spiro atoms. The summed E-state index contributed by atoms with van der Waals surface area (Å²) in [4.78, 5) is 30.5. The zero-order chi connectivity index (χ0) is 25.3. The highest BCUT2D eigenvalue weighted by atomic mass is 32.1. The van der Waals surface area contributed by atoms with E-state index in [9.17, 15) is 9.59 Å². The van der Waals surface area contributed by atoms with E-state index in [0.29, 0.717) is 36.9 Å². The maximum absolute atomic E-state index is 13.9. The summed E-state index contributed by atoms with van der Waals surface area (Å²) >= 11 is 1.58. The maximum atomic E-state index is 13.9. The molecule has 4 aromatic rings. The van der Waals surface area contributed by atoms with Crippen LogP contribution in [0.5, 0.6) is 11.5 Å². The number of nitrogens with one attached hydrogen (secondary N) is 1. The van der Waals surface area contributed by atoms with E-state index < -0.39 is 5.54 Å². The van der Waals surface area contributed by atoms with Gasteiger partial charge < -0.3 is 24.3 Å². The lowest BCUT2D eigenvalue weighted by atomic mass is 9.93. The highest BCUT2D eigenvalue weighted by molar-refractivity contribution is 7.16. The normalized spacial score (nSPS) is 17.2. The molecule has 5 rings (SSSR count). The maximum Gasteiger partial charge on any atom is 0.271 e. The smallest absolute Gasteiger partial charge is 0.271 e. The summed E-state index contributed by atoms with van der Waals surface area (Å²) in [5.41, 5.74) is 1.20. The van der Waals surface area contributed by atoms with Gasteiger partial charge in [-0.15, -0.1) is 11.3 Å². The minimum Gasteiger partial charge on any atom is -0.496 e. The number of thiophene rings is 1. The summed E-state index contributed by atoms with van der Waals surface area (Å²) < 4.78 is 13.2. The van der Waals surface area contributed by atoms with Crippen LogP contribution < -0.4 is 14.8 Å². The van der Waals surface area contributed by atoms with Gasteiger partial charge in [0.1, 0.15) is 27.6 Å². The summed E-state index contributed by atoms with van der Waals surface area (Å²) in [6, 6.07) is 19.2. The Morgan fingerprint density at radius 2 is 1.81 bits per heavy atom. The van der Waals surface area contributed by atoms with Gasteiger partial charge in [0.15, 0.2) is 0 Å². The number of nitrogens with zero attached hydrogens (tertiary/aromatic N) is 2. The third-order valence-electron chi connectivity index (χ3n) is 6.75. The standard InChI is InChI=1S/C28H29N3O4S/c1-4-35-24-12-8-6-10-21(24)17-31-25(32)22-15-19-13-14-36-26(19)30(22)18-28(31,2)27(33)29-16-20-9-5-7-11-23(20)34-3/h5-15H,4,16-18H2,1-3H3,(H,29,33)/t28-/m1/s1. The lowest BCUT2D eigenvalue weighted by Gasteiger charge is -2.44. The van der Waals surface area contributed by atoms with E-state index in [1.807, 2.05) is 84.5 Å². The monoisotopic (exact) mass is 503 g/mol. The summed E-state index contributed by atoms with van der Waals surface area (Å²) in [6.07, 6.45) is 0. The van der Waals surface area contributed by atoms with E-state index >= 15 is 0 Å². The molecule has 1 aliphatic rings. The first-order valence-corrected chi connectivity index (χ1v) is 12.8. The third-order valence-corrected chi connectivity index (χ3v) is 7.70. The Morgan fingerprint density at radius 1 is 1.08 bits per heavy atom. The second-order valence-electron chi connectivity index (χ2n) is 9.00. The number of carbonyl (C=O) groups is 2. The van der Waals surface area contributed by atoms with Gasteiger partial charge in [0.2, 0.25) is 5.91 Å². The molecule has 0 bridgehead atoms. The Balaban J connectivity index is 1.52. The van der Waals surface area contributed by atoms with Gasteiger partial charge in [-0.05, 0) is 43.5 Å². The molecule has 7 nitrogen and oxygen atoms in total. The van der Waals surface area contributed by atoms with Crippen molar-refractivity contribution in [3.8, 4) is 11.5 Å². The number of rotatable bonds is 8. The van der Waals surface area contributed by atoms with Crippen molar-refractivity contribution in [2.75, 3.05) is 13.7 Å². The number of benzene rings is 2. The van der Waals surface area contributed by atoms with Crippen molar-refractivity contribution in [1.82, 2.24) is 14.8 Å². The van der Waals surface area contributed by atoms with Gasteiger partial charge in [0.25, 0.3) is 5.91 Å². The van der Waals surface area contributed by atoms with Crippen LogP contribution in [0.1, 0.15) is 35.5 Å². The minimum absolute atomic E-state index is 0.175. The first kappa shape index (κ1) is 23.9. The van der Waals surface area contributed by atoms with E-state index in [-0.39, 0.29) is 18.4 Å². The number of ether oxygens (including phenoxy) is 2. The number of para-hydroxylation sites is 2. The predicted octanol–water partition coefficient (Wildman–Crippen LogP) is 4.84. The molecule has 2 amide bonds. The van der Waals surface area contributed by atoms with Gasteiger partial charge in [0, 0.05) is 23.1 Å². The van der Waals surface area contributed by atoms with Crippen molar-refractivity contribution in [3.63, 3.8) is 0 Å². The molecule has 8 heteroatoms. The van der Waals surface area contributed by atoms with Crippen LogP contribution in [0.4, 0.5) is 0 Å². The molecule has 2 aromatic heterocycles. The molecule has 3 heterocycles. The molecule has 0 aliphatic carbocycles. The molecule has 36 heavy (non-hydrogen) atoms. The van der Waals surface area contributed by atoms with Crippen LogP contribution in [0.3, 0.4) is 0 Å². The van der Waals surface area contributed by atoms with Gasteiger partial charge in [0.05, 0.1) is 26.8 Å². The summed E-state index contributed by atoms with van der Waals surface area (Å²) in [5, 5.41) is 6.09. The number of methoxy groups -OCH3 is 1. The molecule has 186 valence electrons. The van der Waals surface area contributed by atoms with Crippen molar-refractivity contribution in [2.24, 2.45) is 0 Å². The minimum atomic E-state index is -1.12. The first-order chi connectivity index (χ1) is 17.5. The quantitative estimate of drug-likeness (QED) is 0.373. The number of fused-ring (bicyclic) bond motifs is 3. The highest BCUT2D eigenvalue weighted by Crippen LogP contribution is 2.36. The van der Waals surface area contributed by atoms with Crippen LogP contribution in [0.25, 0.3) is 10.2 Å². The SMILES string of the molecule is CCOc1ccccc1CN1C(=O)c2cc3ccsc3n2C[C@]1(C)C(=O)NCc1ccccc1OC. The Morgan fingerprint density at radius 3 is 2.56 bits per heavy atom. The fourth-order valence-corrected chi connectivity index (χ4v) is 5.72. The van der Waals surface area contributed by atoms with Crippen LogP contribution in [0, 0.1) is 0 Å². The van der Waals surface area contributed by atoms with Crippen LogP contribution >= 0.6 is 11.3 Å². The zero-order valence-corrected chi connectivity index (χ0v) is 21.4. The average Bonchev–Trinajstić information content (AvgIpc) is 3.49. The largest absolute Gasteiger partial charge is 0.496 e. The van der Waals surface area contributed by atoms with Crippen molar-refractivity contribution < 1.29 is 19.1 Å². The van der Waals surface area contributed by atoms with E-state index in [2.05, 4.69) is 5.32 Å². The lowest BCUT2D eigenvalue weighted by Crippen LogP contribution is -2.63. The van der Waals surface area contributed by atoms with E-state index in [4.69, 9.17) is 9.47 Å². The summed E-state index contributed by atoms with van der Waals surface area (Å²) in [7, 11) is 1.61. The molecule has 1 aliphatic heterocycles. The van der Waals surface area contributed by atoms with Gasteiger partial charge in [-0.2, -0.15) is 0 Å². The Kier molecular flexibility index (Phi) is 6.45. The van der Waals surface area contributed by atoms with Crippen molar-refractivity contribution in [2.45, 2.75) is 39.0 Å². The van der Waals surface area contributed by atoms with Crippen molar-refractivity contribution >= 4 is 33.4 Å². The van der Waals surface area contributed by atoms with Gasteiger partial charge >= 0.3 is 0 Å². The third kappa shape index (κ3) is 4.11. The second-order valence-corrected chi connectivity index (χ2v) is 9.89. The predicted molar refractivity (Wildman–Crippen MR) is 141 cm³/mol. The average molecular weight is 504 g/mol. The number of hydrogen-bond donors (Lipinski definition) is 1. The van der Waals surface area contributed by atoms with Crippen LogP contribution in [0.15, 0.2) is 66.0 Å². The summed E-state index contributed by atoms with van der Waals surface area (Å²) in [5.74, 6) is 1.02. The molecule has 1 N–H and O–H groups in total. The second kappa shape index (κ2) is 9.70. The van der Waals surface area contributed by atoms with Crippen LogP contribution in [0.2, 0.25) is 0 Å². The molecule has 0 radical (unpaired) electrons. The Hall–Kier alpha value is -3.78. The van der Waals surface area contributed by atoms with Gasteiger partial charge in [-0.1, -0.05) is 36.4 Å². The van der Waals surface area contributed by atoms with E-state index in [0.717, 1.165) is 21.3 Å². The Labute approximate surface area is 214 Å². The van der Waals surface area contributed by atoms with E-state index in [1.165, 1.54) is 0 Å². The number of aromatic nitrogens is 1. The number of carbonyl (C=O) groups excluding carboxylic acids is 2. The molecule has 0 saturated heterocycles. The molecule has 0 fully saturated rings. The van der Waals surface area contributed by atoms with Crippen LogP contribution in [-0.4, -0.2) is 40.5 Å². The number of amides is 2. The van der Waals surface area contributed by atoms with Crippen LogP contribution in [-0.2, 0) is 24.4 Å². The van der Waals surface area contributed by atoms with E-state index in [1.54, 1.807) is 23.3 Å². The topological polar surface area (TPSA) is 72.8 Å². The fraction of sp³-hybridized carbons (Fsp3) is 0.286. The molecule has 2 aromatic carbocycles. The number of hydrogen-bond acceptors (Lipinski definition) is 5. The Bertz CT molecular complexity index is 1430. The van der Waals surface area contributed by atoms with Crippen molar-refractivity contribution in [1.29, 1.82) is 0 Å². The molecule has 1 atom stereocenters. The molecular formula is C28H29N3O4S. The lowest BCUT2D eigenvalue weighted by molar-refractivity contribution is -0.133. The first-order valence-electron chi connectivity index (χ1n) is 12.0. The zero-order valence-electron chi connectivity index (χ0n) is 20.6. The summed E-state index contributed by atoms with van der Waals surface area (Å²) in [6.45, 7) is 5.19. The highest BCUT2D eigenvalue weighted by Gasteiger charge is 2.48. The van der Waals surface area contributed by atoms with Gasteiger partial charge in [-0.25, -0.2) is 0 Å². The molecule has 0 saturated carbocycles. The molecule has 0 unspecified atom stereocenters. The van der Waals surface area contributed by atoms with Gasteiger partial charge in [-0.3, -0.25) is 9.59 Å². The van der Waals surface area contributed by atoms with Crippen molar-refractivity contribution in [3.05, 3.63) is 82.9 Å².